The molecule has 0 unspecified atom stereocenters. The molecule has 0 bridgehead atoms. The summed E-state index contributed by atoms with van der Waals surface area (Å²) in [5.74, 6) is -1.94. The van der Waals surface area contributed by atoms with Gasteiger partial charge in [0.1, 0.15) is 0 Å². The number of nitrogens with zero attached hydrogens (tertiary/aromatic N) is 2. The van der Waals surface area contributed by atoms with Crippen molar-refractivity contribution in [3.63, 3.8) is 0 Å². The molecule has 3 rings (SSSR count). The molecule has 30 heavy (non-hydrogen) atoms. The third kappa shape index (κ3) is 4.58. The number of amides is 2. The number of nitrogens with two attached hydrogens (primary N) is 3. The average molecular weight is 425 g/mol. The fraction of sp³-hybridized carbons (Fsp3) is 0.550. The summed E-state index contributed by atoms with van der Waals surface area (Å²) in [6, 6.07) is 3.39. The molecule has 7 nitrogen and oxygen atoms in total. The highest BCUT2D eigenvalue weighted by Gasteiger charge is 2.42. The lowest BCUT2D eigenvalue weighted by Gasteiger charge is -2.37. The minimum absolute atomic E-state index is 0.104. The molecule has 2 fully saturated rings. The van der Waals surface area contributed by atoms with Gasteiger partial charge < -0.3 is 22.1 Å². The topological polar surface area (TPSA) is 128 Å². The summed E-state index contributed by atoms with van der Waals surface area (Å²) in [7, 11) is 0. The Morgan fingerprint density at radius 2 is 1.70 bits per heavy atom. The van der Waals surface area contributed by atoms with Crippen LogP contribution in [0.4, 0.5) is 13.2 Å². The summed E-state index contributed by atoms with van der Waals surface area (Å²) in [5, 5.41) is 0. The maximum Gasteiger partial charge on any atom is 0.416 e. The summed E-state index contributed by atoms with van der Waals surface area (Å²) in [4.78, 5) is 29.6. The summed E-state index contributed by atoms with van der Waals surface area (Å²) in [6.45, 7) is 0.711. The van der Waals surface area contributed by atoms with Gasteiger partial charge in [-0.1, -0.05) is 18.9 Å². The summed E-state index contributed by atoms with van der Waals surface area (Å²) >= 11 is 0. The zero-order chi connectivity index (χ0) is 22.1. The van der Waals surface area contributed by atoms with E-state index < -0.39 is 29.1 Å². The number of carbonyl (C=O) groups is 2. The fourth-order valence-electron chi connectivity index (χ4n) is 4.40. The van der Waals surface area contributed by atoms with Crippen molar-refractivity contribution in [2.45, 2.75) is 56.2 Å². The van der Waals surface area contributed by atoms with E-state index in [1.165, 1.54) is 12.1 Å². The predicted octanol–water partition coefficient (Wildman–Crippen LogP) is 2.10. The van der Waals surface area contributed by atoms with Gasteiger partial charge in [-0.2, -0.15) is 18.2 Å². The van der Waals surface area contributed by atoms with E-state index in [1.807, 2.05) is 0 Å². The van der Waals surface area contributed by atoms with Crippen LogP contribution in [0.5, 0.6) is 0 Å². The molecule has 1 aliphatic heterocycles. The third-order valence-corrected chi connectivity index (χ3v) is 5.98. The van der Waals surface area contributed by atoms with Crippen LogP contribution < -0.4 is 17.2 Å². The van der Waals surface area contributed by atoms with Crippen LogP contribution in [0.2, 0.25) is 0 Å². The van der Waals surface area contributed by atoms with E-state index in [0.717, 1.165) is 18.9 Å². The molecule has 6 N–H and O–H groups in total. The van der Waals surface area contributed by atoms with E-state index in [0.29, 0.717) is 38.8 Å². The van der Waals surface area contributed by atoms with Crippen molar-refractivity contribution < 1.29 is 22.8 Å². The van der Waals surface area contributed by atoms with E-state index >= 15 is 0 Å². The van der Waals surface area contributed by atoms with Crippen LogP contribution in [0.3, 0.4) is 0 Å². The van der Waals surface area contributed by atoms with Gasteiger partial charge in [0.2, 0.25) is 5.91 Å². The molecule has 1 saturated carbocycles. The molecular formula is C20H26F3N5O2. The van der Waals surface area contributed by atoms with Gasteiger partial charge in [0.15, 0.2) is 5.96 Å². The molecule has 0 aromatic heterocycles. The predicted molar refractivity (Wildman–Crippen MR) is 106 cm³/mol. The van der Waals surface area contributed by atoms with Crippen molar-refractivity contribution in [2.75, 3.05) is 13.1 Å². The molecule has 2 amide bonds. The normalized spacial score (nSPS) is 19.5. The van der Waals surface area contributed by atoms with Crippen LogP contribution in [0.25, 0.3) is 0 Å². The van der Waals surface area contributed by atoms with Crippen molar-refractivity contribution in [3.8, 4) is 0 Å². The number of hydrogen-bond donors (Lipinski definition) is 3. The third-order valence-electron chi connectivity index (χ3n) is 5.98. The molecule has 0 atom stereocenters. The van der Waals surface area contributed by atoms with Crippen molar-refractivity contribution in [3.05, 3.63) is 34.9 Å². The molecule has 2 aliphatic rings. The SMILES string of the molecule is NC(N)=NC(=O)c1ccc(C2CCN(C(=O)C3(N)CCCC3)CC2)c(C(F)(F)F)c1. The molecule has 0 spiro atoms. The van der Waals surface area contributed by atoms with Crippen LogP contribution in [-0.2, 0) is 11.0 Å². The van der Waals surface area contributed by atoms with Crippen molar-refractivity contribution >= 4 is 17.8 Å². The fourth-order valence-corrected chi connectivity index (χ4v) is 4.40. The van der Waals surface area contributed by atoms with Gasteiger partial charge in [-0.15, -0.1) is 0 Å². The highest BCUT2D eigenvalue weighted by Crippen LogP contribution is 2.40. The lowest BCUT2D eigenvalue weighted by atomic mass is 9.84. The average Bonchev–Trinajstić information content (AvgIpc) is 3.13. The second-order valence-corrected chi connectivity index (χ2v) is 8.07. The van der Waals surface area contributed by atoms with Crippen LogP contribution in [0, 0.1) is 0 Å². The second-order valence-electron chi connectivity index (χ2n) is 8.07. The molecule has 0 radical (unpaired) electrons. The van der Waals surface area contributed by atoms with E-state index in [4.69, 9.17) is 17.2 Å². The molecule has 1 aliphatic carbocycles. The number of carbonyl (C=O) groups excluding carboxylic acids is 2. The van der Waals surface area contributed by atoms with Gasteiger partial charge in [-0.25, -0.2) is 0 Å². The summed E-state index contributed by atoms with van der Waals surface area (Å²) in [5.41, 5.74) is 14.7. The Morgan fingerprint density at radius 3 is 2.23 bits per heavy atom. The van der Waals surface area contributed by atoms with Gasteiger partial charge in [-0.3, -0.25) is 9.59 Å². The van der Waals surface area contributed by atoms with Crippen molar-refractivity contribution in [1.82, 2.24) is 4.90 Å². The number of rotatable bonds is 3. The molecule has 1 heterocycles. The largest absolute Gasteiger partial charge is 0.416 e. The van der Waals surface area contributed by atoms with Crippen molar-refractivity contribution in [1.29, 1.82) is 0 Å². The standard InChI is InChI=1S/C20H26F3N5O2/c21-20(22,23)15-11-13(16(29)27-18(24)25)3-4-14(15)12-5-9-28(10-6-12)17(30)19(26)7-1-2-8-19/h3-4,11-12H,1-2,5-10,26H2,(H4,24,25,27,29). The van der Waals surface area contributed by atoms with Crippen LogP contribution in [0.15, 0.2) is 23.2 Å². The molecular weight excluding hydrogens is 399 g/mol. The lowest BCUT2D eigenvalue weighted by molar-refractivity contribution is -0.140. The van der Waals surface area contributed by atoms with Gasteiger partial charge in [0.25, 0.3) is 5.91 Å². The Kier molecular flexibility index (Phi) is 6.07. The summed E-state index contributed by atoms with van der Waals surface area (Å²) < 4.78 is 41.1. The van der Waals surface area contributed by atoms with Crippen LogP contribution >= 0.6 is 0 Å². The number of benzene rings is 1. The highest BCUT2D eigenvalue weighted by atomic mass is 19.4. The minimum atomic E-state index is -4.64. The Labute approximate surface area is 172 Å². The first-order valence-corrected chi connectivity index (χ1v) is 9.94. The number of guanidine groups is 1. The number of likely N-dealkylation sites (tertiary alicyclic amines) is 1. The number of aliphatic imine (C=N–C) groups is 1. The maximum atomic E-state index is 13.7. The quantitative estimate of drug-likeness (QED) is 0.505. The number of hydrogen-bond acceptors (Lipinski definition) is 3. The smallest absolute Gasteiger partial charge is 0.370 e. The molecule has 1 saturated heterocycles. The zero-order valence-corrected chi connectivity index (χ0v) is 16.5. The lowest BCUT2D eigenvalue weighted by Crippen LogP contribution is -2.55. The van der Waals surface area contributed by atoms with E-state index in [2.05, 4.69) is 4.99 Å². The molecule has 10 heteroatoms. The van der Waals surface area contributed by atoms with Crippen LogP contribution in [0.1, 0.15) is 65.9 Å². The van der Waals surface area contributed by atoms with Crippen LogP contribution in [-0.4, -0.2) is 41.3 Å². The highest BCUT2D eigenvalue weighted by molar-refractivity contribution is 6.02. The Balaban J connectivity index is 1.78. The monoisotopic (exact) mass is 425 g/mol. The first-order valence-electron chi connectivity index (χ1n) is 9.94. The van der Waals surface area contributed by atoms with Gasteiger partial charge in [-0.05, 0) is 49.3 Å². The summed E-state index contributed by atoms with van der Waals surface area (Å²) in [6.07, 6.45) is -0.721. The number of halogens is 3. The maximum absolute atomic E-state index is 13.7. The number of piperidine rings is 1. The zero-order valence-electron chi connectivity index (χ0n) is 16.5. The van der Waals surface area contributed by atoms with Gasteiger partial charge in [0, 0.05) is 18.7 Å². The van der Waals surface area contributed by atoms with E-state index in [-0.39, 0.29) is 23.0 Å². The Morgan fingerprint density at radius 1 is 1.10 bits per heavy atom. The minimum Gasteiger partial charge on any atom is -0.370 e. The molecule has 164 valence electrons. The van der Waals surface area contributed by atoms with Gasteiger partial charge in [0.05, 0.1) is 11.1 Å². The van der Waals surface area contributed by atoms with Crippen molar-refractivity contribution in [2.24, 2.45) is 22.2 Å². The Hall–Kier alpha value is -2.62. The molecule has 1 aromatic carbocycles. The van der Waals surface area contributed by atoms with E-state index in [9.17, 15) is 22.8 Å². The first-order chi connectivity index (χ1) is 14.0. The Bertz CT molecular complexity index is 850. The number of alkyl halides is 3. The van der Waals surface area contributed by atoms with Gasteiger partial charge >= 0.3 is 6.18 Å². The molecule has 1 aromatic rings. The first kappa shape index (κ1) is 22.1. The van der Waals surface area contributed by atoms with E-state index in [1.54, 1.807) is 4.90 Å². The second kappa shape index (κ2) is 8.25.